The Morgan fingerprint density at radius 2 is 1.81 bits per heavy atom. The van der Waals surface area contributed by atoms with Crippen LogP contribution in [0.2, 0.25) is 0 Å². The number of amides is 1. The second kappa shape index (κ2) is 7.56. The lowest BCUT2D eigenvalue weighted by Gasteiger charge is -2.18. The van der Waals surface area contributed by atoms with E-state index in [-0.39, 0.29) is 23.8 Å². The van der Waals surface area contributed by atoms with Gasteiger partial charge in [0.15, 0.2) is 0 Å². The number of sulfonamides is 1. The minimum Gasteiger partial charge on any atom is -0.343 e. The molecular formula is C15H24N2O3S. The molecule has 1 aromatic rings. The minimum absolute atomic E-state index is 0.0383. The third-order valence-electron chi connectivity index (χ3n) is 3.38. The van der Waals surface area contributed by atoms with Crippen LogP contribution in [0.25, 0.3) is 0 Å². The molecule has 118 valence electrons. The quantitative estimate of drug-likeness (QED) is 0.835. The molecule has 0 aromatic heterocycles. The number of nitrogens with one attached hydrogen (secondary N) is 1. The number of aryl methyl sites for hydroxylation is 2. The van der Waals surface area contributed by atoms with Crippen LogP contribution in [0.5, 0.6) is 0 Å². The third-order valence-corrected chi connectivity index (χ3v) is 4.98. The maximum Gasteiger partial charge on any atom is 0.240 e. The van der Waals surface area contributed by atoms with Crippen LogP contribution in [0.15, 0.2) is 23.1 Å². The van der Waals surface area contributed by atoms with Crippen molar-refractivity contribution in [3.63, 3.8) is 0 Å². The molecular weight excluding hydrogens is 288 g/mol. The molecule has 1 rings (SSSR count). The second-order valence-electron chi connectivity index (χ2n) is 4.98. The van der Waals surface area contributed by atoms with Gasteiger partial charge in [-0.1, -0.05) is 12.1 Å². The standard InChI is InChI=1S/C15H24N2O3S/c1-5-17(6-2)15(18)9-10-16-21(19,20)14-11-12(3)7-8-13(14)4/h7-8,11,16H,5-6,9-10H2,1-4H3. The molecule has 0 aliphatic carbocycles. The van der Waals surface area contributed by atoms with Gasteiger partial charge in [0.05, 0.1) is 4.90 Å². The first-order valence-electron chi connectivity index (χ1n) is 7.16. The van der Waals surface area contributed by atoms with Gasteiger partial charge in [0.2, 0.25) is 15.9 Å². The Labute approximate surface area is 127 Å². The summed E-state index contributed by atoms with van der Waals surface area (Å²) >= 11 is 0. The Kier molecular flexibility index (Phi) is 6.36. The van der Waals surface area contributed by atoms with E-state index in [0.29, 0.717) is 18.7 Å². The van der Waals surface area contributed by atoms with Crippen LogP contribution in [0.3, 0.4) is 0 Å². The van der Waals surface area contributed by atoms with Crippen LogP contribution >= 0.6 is 0 Å². The Morgan fingerprint density at radius 1 is 1.19 bits per heavy atom. The second-order valence-corrected chi connectivity index (χ2v) is 6.72. The average molecular weight is 312 g/mol. The highest BCUT2D eigenvalue weighted by Crippen LogP contribution is 2.16. The van der Waals surface area contributed by atoms with Crippen LogP contribution in [0.1, 0.15) is 31.4 Å². The van der Waals surface area contributed by atoms with Gasteiger partial charge in [-0.15, -0.1) is 0 Å². The van der Waals surface area contributed by atoms with E-state index in [1.165, 1.54) is 0 Å². The topological polar surface area (TPSA) is 66.5 Å². The van der Waals surface area contributed by atoms with Crippen molar-refractivity contribution < 1.29 is 13.2 Å². The molecule has 0 atom stereocenters. The molecule has 0 unspecified atom stereocenters. The number of carbonyl (C=O) groups excluding carboxylic acids is 1. The summed E-state index contributed by atoms with van der Waals surface area (Å²) in [7, 11) is -3.57. The predicted octanol–water partition coefficient (Wildman–Crippen LogP) is 1.84. The first-order valence-corrected chi connectivity index (χ1v) is 8.64. The van der Waals surface area contributed by atoms with E-state index in [1.54, 1.807) is 24.0 Å². The molecule has 5 nitrogen and oxygen atoms in total. The number of benzene rings is 1. The summed E-state index contributed by atoms with van der Waals surface area (Å²) in [6, 6.07) is 5.30. The van der Waals surface area contributed by atoms with Crippen LogP contribution in [0, 0.1) is 13.8 Å². The highest BCUT2D eigenvalue weighted by Gasteiger charge is 2.17. The van der Waals surface area contributed by atoms with Crippen molar-refractivity contribution in [2.75, 3.05) is 19.6 Å². The van der Waals surface area contributed by atoms with Crippen LogP contribution in [-0.4, -0.2) is 38.9 Å². The van der Waals surface area contributed by atoms with Crippen LogP contribution < -0.4 is 4.72 Å². The van der Waals surface area contributed by atoms with E-state index in [0.717, 1.165) is 5.56 Å². The minimum atomic E-state index is -3.57. The van der Waals surface area contributed by atoms with Crippen molar-refractivity contribution in [2.24, 2.45) is 0 Å². The van der Waals surface area contributed by atoms with E-state index < -0.39 is 10.0 Å². The normalized spacial score (nSPS) is 11.4. The molecule has 0 fully saturated rings. The lowest BCUT2D eigenvalue weighted by Crippen LogP contribution is -2.34. The summed E-state index contributed by atoms with van der Waals surface area (Å²) in [5.41, 5.74) is 1.59. The average Bonchev–Trinajstić information content (AvgIpc) is 2.42. The molecule has 0 bridgehead atoms. The smallest absolute Gasteiger partial charge is 0.240 e. The predicted molar refractivity (Wildman–Crippen MR) is 83.6 cm³/mol. The zero-order valence-electron chi connectivity index (χ0n) is 13.1. The Balaban J connectivity index is 2.70. The van der Waals surface area contributed by atoms with Crippen LogP contribution in [-0.2, 0) is 14.8 Å². The van der Waals surface area contributed by atoms with E-state index in [1.807, 2.05) is 26.8 Å². The molecule has 1 N–H and O–H groups in total. The van der Waals surface area contributed by atoms with E-state index >= 15 is 0 Å². The molecule has 0 spiro atoms. The van der Waals surface area contributed by atoms with Crippen molar-refractivity contribution in [3.05, 3.63) is 29.3 Å². The lowest BCUT2D eigenvalue weighted by atomic mass is 10.2. The zero-order chi connectivity index (χ0) is 16.0. The molecule has 1 amide bonds. The summed E-state index contributed by atoms with van der Waals surface area (Å²) in [5.74, 6) is -0.0383. The van der Waals surface area contributed by atoms with Crippen molar-refractivity contribution in [2.45, 2.75) is 39.0 Å². The van der Waals surface area contributed by atoms with E-state index in [2.05, 4.69) is 4.72 Å². The first kappa shape index (κ1) is 17.7. The van der Waals surface area contributed by atoms with Gasteiger partial charge in [-0.3, -0.25) is 4.79 Å². The number of rotatable bonds is 7. The van der Waals surface area contributed by atoms with Crippen molar-refractivity contribution in [3.8, 4) is 0 Å². The van der Waals surface area contributed by atoms with Gasteiger partial charge in [0.1, 0.15) is 0 Å². The van der Waals surface area contributed by atoms with E-state index in [4.69, 9.17) is 0 Å². The third kappa shape index (κ3) is 4.82. The fourth-order valence-electron chi connectivity index (χ4n) is 2.10. The summed E-state index contributed by atoms with van der Waals surface area (Å²) in [4.78, 5) is 13.8. The number of hydrogen-bond acceptors (Lipinski definition) is 3. The molecule has 6 heteroatoms. The molecule has 0 saturated carbocycles. The number of nitrogens with zero attached hydrogens (tertiary/aromatic N) is 1. The molecule has 21 heavy (non-hydrogen) atoms. The summed E-state index contributed by atoms with van der Waals surface area (Å²) in [6.45, 7) is 8.81. The van der Waals surface area contributed by atoms with Gasteiger partial charge in [0, 0.05) is 26.1 Å². The Bertz CT molecular complexity index is 593. The highest BCUT2D eigenvalue weighted by molar-refractivity contribution is 7.89. The molecule has 1 aromatic carbocycles. The van der Waals surface area contributed by atoms with Gasteiger partial charge >= 0.3 is 0 Å². The molecule has 0 aliphatic rings. The Hall–Kier alpha value is -1.40. The number of hydrogen-bond donors (Lipinski definition) is 1. The maximum absolute atomic E-state index is 12.3. The summed E-state index contributed by atoms with van der Waals surface area (Å²) in [5, 5.41) is 0. The fourth-order valence-corrected chi connectivity index (χ4v) is 3.46. The summed E-state index contributed by atoms with van der Waals surface area (Å²) < 4.78 is 27.0. The van der Waals surface area contributed by atoms with E-state index in [9.17, 15) is 13.2 Å². The van der Waals surface area contributed by atoms with Crippen LogP contribution in [0.4, 0.5) is 0 Å². The van der Waals surface area contributed by atoms with Crippen molar-refractivity contribution in [1.82, 2.24) is 9.62 Å². The fraction of sp³-hybridized carbons (Fsp3) is 0.533. The molecule has 0 radical (unpaired) electrons. The lowest BCUT2D eigenvalue weighted by molar-refractivity contribution is -0.130. The molecule has 0 saturated heterocycles. The monoisotopic (exact) mass is 312 g/mol. The van der Waals surface area contributed by atoms with Gasteiger partial charge in [-0.2, -0.15) is 0 Å². The molecule has 0 aliphatic heterocycles. The number of carbonyl (C=O) groups is 1. The largest absolute Gasteiger partial charge is 0.343 e. The summed E-state index contributed by atoms with van der Waals surface area (Å²) in [6.07, 6.45) is 0.172. The SMILES string of the molecule is CCN(CC)C(=O)CCNS(=O)(=O)c1cc(C)ccc1C. The van der Waals surface area contributed by atoms with Crippen molar-refractivity contribution >= 4 is 15.9 Å². The van der Waals surface area contributed by atoms with Crippen molar-refractivity contribution in [1.29, 1.82) is 0 Å². The Morgan fingerprint density at radius 3 is 2.38 bits per heavy atom. The zero-order valence-corrected chi connectivity index (χ0v) is 14.0. The maximum atomic E-state index is 12.3. The van der Waals surface area contributed by atoms with Gasteiger partial charge < -0.3 is 4.90 Å². The van der Waals surface area contributed by atoms with Gasteiger partial charge in [-0.25, -0.2) is 13.1 Å². The first-order chi connectivity index (χ1) is 9.81. The van der Waals surface area contributed by atoms with Gasteiger partial charge in [-0.05, 0) is 44.9 Å². The van der Waals surface area contributed by atoms with Gasteiger partial charge in [0.25, 0.3) is 0 Å². The molecule has 0 heterocycles. The highest BCUT2D eigenvalue weighted by atomic mass is 32.2.